The Labute approximate surface area is 92.9 Å². The van der Waals surface area contributed by atoms with Gasteiger partial charge in [-0.3, -0.25) is 0 Å². The maximum absolute atomic E-state index is 9.49. The van der Waals surface area contributed by atoms with E-state index < -0.39 is 0 Å². The van der Waals surface area contributed by atoms with Crippen LogP contribution in [0.3, 0.4) is 0 Å². The first kappa shape index (κ1) is 9.24. The van der Waals surface area contributed by atoms with Gasteiger partial charge in [-0.25, -0.2) is 4.98 Å². The van der Waals surface area contributed by atoms with E-state index in [4.69, 9.17) is 11.6 Å². The number of aromatic nitrogens is 1. The zero-order valence-electron chi connectivity index (χ0n) is 8.15. The second-order valence-corrected chi connectivity index (χ2v) is 4.51. The van der Waals surface area contributed by atoms with Gasteiger partial charge in [-0.15, -0.1) is 0 Å². The Bertz CT molecular complexity index is 398. The van der Waals surface area contributed by atoms with Crippen LogP contribution in [-0.4, -0.2) is 35.3 Å². The molecule has 80 valence electrons. The first-order chi connectivity index (χ1) is 7.24. The summed E-state index contributed by atoms with van der Waals surface area (Å²) in [5.74, 6) is 0.0601. The standard InChI is InChI=1S/C10H12ClN3O/c11-10-9(15)2-8(4-13-10)14-5-6-1-7(14)3-12-6/h2,4,6-7,12,15H,1,3,5H2. The molecule has 0 spiro atoms. The number of anilines is 1. The summed E-state index contributed by atoms with van der Waals surface area (Å²) in [6.07, 6.45) is 2.91. The molecule has 0 radical (unpaired) electrons. The molecule has 2 aliphatic heterocycles. The summed E-state index contributed by atoms with van der Waals surface area (Å²) in [7, 11) is 0. The van der Waals surface area contributed by atoms with Crippen molar-refractivity contribution in [3.63, 3.8) is 0 Å². The van der Waals surface area contributed by atoms with Crippen molar-refractivity contribution in [2.75, 3.05) is 18.0 Å². The van der Waals surface area contributed by atoms with Gasteiger partial charge in [0.15, 0.2) is 10.9 Å². The Morgan fingerprint density at radius 2 is 2.47 bits per heavy atom. The fourth-order valence-electron chi connectivity index (χ4n) is 2.46. The minimum Gasteiger partial charge on any atom is -0.505 e. The van der Waals surface area contributed by atoms with Gasteiger partial charge in [0.2, 0.25) is 0 Å². The highest BCUT2D eigenvalue weighted by Gasteiger charge is 2.37. The molecule has 15 heavy (non-hydrogen) atoms. The molecule has 5 heteroatoms. The highest BCUT2D eigenvalue weighted by Crippen LogP contribution is 2.32. The Morgan fingerprint density at radius 3 is 3.07 bits per heavy atom. The number of aromatic hydroxyl groups is 1. The molecule has 3 heterocycles. The topological polar surface area (TPSA) is 48.4 Å². The number of nitrogens with zero attached hydrogens (tertiary/aromatic N) is 2. The molecular formula is C10H12ClN3O. The molecular weight excluding hydrogens is 214 g/mol. The lowest BCUT2D eigenvalue weighted by Gasteiger charge is -2.29. The van der Waals surface area contributed by atoms with Crippen LogP contribution in [0.5, 0.6) is 5.75 Å². The Balaban J connectivity index is 1.90. The largest absolute Gasteiger partial charge is 0.505 e. The molecule has 2 aliphatic rings. The summed E-state index contributed by atoms with van der Waals surface area (Å²) in [6.45, 7) is 2.02. The van der Waals surface area contributed by atoms with E-state index >= 15 is 0 Å². The third kappa shape index (κ3) is 1.44. The first-order valence-electron chi connectivity index (χ1n) is 5.08. The van der Waals surface area contributed by atoms with Crippen molar-refractivity contribution >= 4 is 17.3 Å². The molecule has 2 fully saturated rings. The number of rotatable bonds is 1. The molecule has 0 saturated carbocycles. The van der Waals surface area contributed by atoms with E-state index in [0.29, 0.717) is 12.1 Å². The van der Waals surface area contributed by atoms with Crippen molar-refractivity contribution in [3.05, 3.63) is 17.4 Å². The third-order valence-electron chi connectivity index (χ3n) is 3.19. The van der Waals surface area contributed by atoms with Crippen molar-refractivity contribution in [2.45, 2.75) is 18.5 Å². The molecule has 0 amide bonds. The molecule has 2 N–H and O–H groups in total. The second-order valence-electron chi connectivity index (χ2n) is 4.15. The number of hydrogen-bond acceptors (Lipinski definition) is 4. The fraction of sp³-hybridized carbons (Fsp3) is 0.500. The number of piperazine rings is 1. The maximum atomic E-state index is 9.49. The molecule has 2 saturated heterocycles. The predicted octanol–water partition coefficient (Wildman–Crippen LogP) is 0.991. The van der Waals surface area contributed by atoms with Crippen molar-refractivity contribution in [1.29, 1.82) is 0 Å². The molecule has 0 aromatic carbocycles. The van der Waals surface area contributed by atoms with Crippen molar-refractivity contribution in [2.24, 2.45) is 0 Å². The Morgan fingerprint density at radius 1 is 1.60 bits per heavy atom. The minimum absolute atomic E-state index is 0.0601. The summed E-state index contributed by atoms with van der Waals surface area (Å²) < 4.78 is 0. The SMILES string of the molecule is Oc1cc(N2CC3CC2CN3)cnc1Cl. The third-order valence-corrected chi connectivity index (χ3v) is 3.49. The number of nitrogens with one attached hydrogen (secondary N) is 1. The zero-order chi connectivity index (χ0) is 10.4. The van der Waals surface area contributed by atoms with Crippen LogP contribution in [0.4, 0.5) is 5.69 Å². The smallest absolute Gasteiger partial charge is 0.170 e. The summed E-state index contributed by atoms with van der Waals surface area (Å²) in [4.78, 5) is 6.24. The van der Waals surface area contributed by atoms with Crippen molar-refractivity contribution in [1.82, 2.24) is 10.3 Å². The number of fused-ring (bicyclic) bond motifs is 2. The summed E-state index contributed by atoms with van der Waals surface area (Å²) >= 11 is 5.67. The van der Waals surface area contributed by atoms with Gasteiger partial charge in [0.05, 0.1) is 11.9 Å². The van der Waals surface area contributed by atoms with Crippen LogP contribution in [-0.2, 0) is 0 Å². The highest BCUT2D eigenvalue weighted by molar-refractivity contribution is 6.30. The van der Waals surface area contributed by atoms with Crippen LogP contribution in [0, 0.1) is 0 Å². The van der Waals surface area contributed by atoms with Gasteiger partial charge in [0, 0.05) is 31.2 Å². The van der Waals surface area contributed by atoms with Gasteiger partial charge in [-0.1, -0.05) is 11.6 Å². The first-order valence-corrected chi connectivity index (χ1v) is 5.46. The maximum Gasteiger partial charge on any atom is 0.170 e. The molecule has 2 bridgehead atoms. The molecule has 1 aromatic heterocycles. The predicted molar refractivity (Wildman–Crippen MR) is 58.5 cm³/mol. The van der Waals surface area contributed by atoms with Crippen molar-refractivity contribution in [3.8, 4) is 5.75 Å². The summed E-state index contributed by atoms with van der Waals surface area (Å²) in [5, 5.41) is 13.1. The molecule has 4 nitrogen and oxygen atoms in total. The van der Waals surface area contributed by atoms with Gasteiger partial charge in [0.1, 0.15) is 0 Å². The lowest BCUT2D eigenvalue weighted by Crippen LogP contribution is -2.43. The van der Waals surface area contributed by atoms with Gasteiger partial charge < -0.3 is 15.3 Å². The van der Waals surface area contributed by atoms with E-state index in [1.165, 1.54) is 6.42 Å². The quantitative estimate of drug-likeness (QED) is 0.700. The summed E-state index contributed by atoms with van der Waals surface area (Å²) in [6, 6.07) is 2.82. The molecule has 0 aliphatic carbocycles. The van der Waals surface area contributed by atoms with E-state index in [1.807, 2.05) is 0 Å². The van der Waals surface area contributed by atoms with E-state index in [0.717, 1.165) is 18.8 Å². The van der Waals surface area contributed by atoms with E-state index in [-0.39, 0.29) is 10.9 Å². The molecule has 2 atom stereocenters. The van der Waals surface area contributed by atoms with Crippen LogP contribution < -0.4 is 10.2 Å². The van der Waals surface area contributed by atoms with Gasteiger partial charge in [0.25, 0.3) is 0 Å². The Kier molecular flexibility index (Phi) is 2.00. The fourth-order valence-corrected chi connectivity index (χ4v) is 2.56. The normalized spacial score (nSPS) is 28.7. The van der Waals surface area contributed by atoms with Gasteiger partial charge >= 0.3 is 0 Å². The average Bonchev–Trinajstić information content (AvgIpc) is 2.83. The lowest BCUT2D eigenvalue weighted by molar-refractivity contribution is 0.472. The highest BCUT2D eigenvalue weighted by atomic mass is 35.5. The van der Waals surface area contributed by atoms with Crippen LogP contribution in [0.15, 0.2) is 12.3 Å². The van der Waals surface area contributed by atoms with Crippen molar-refractivity contribution < 1.29 is 5.11 Å². The second kappa shape index (κ2) is 3.25. The van der Waals surface area contributed by atoms with E-state index in [9.17, 15) is 5.11 Å². The lowest BCUT2D eigenvalue weighted by atomic mass is 10.2. The van der Waals surface area contributed by atoms with Crippen LogP contribution in [0.2, 0.25) is 5.15 Å². The van der Waals surface area contributed by atoms with Crippen LogP contribution >= 0.6 is 11.6 Å². The van der Waals surface area contributed by atoms with E-state index in [2.05, 4.69) is 15.2 Å². The summed E-state index contributed by atoms with van der Waals surface area (Å²) in [5.41, 5.74) is 0.964. The minimum atomic E-state index is 0.0601. The van der Waals surface area contributed by atoms with Gasteiger partial charge in [-0.2, -0.15) is 0 Å². The zero-order valence-corrected chi connectivity index (χ0v) is 8.91. The molecule has 1 aromatic rings. The molecule has 2 unspecified atom stereocenters. The monoisotopic (exact) mass is 225 g/mol. The van der Waals surface area contributed by atoms with E-state index in [1.54, 1.807) is 12.3 Å². The molecule has 3 rings (SSSR count). The Hall–Kier alpha value is -1.00. The van der Waals surface area contributed by atoms with Gasteiger partial charge in [-0.05, 0) is 6.42 Å². The van der Waals surface area contributed by atoms with Crippen LogP contribution in [0.25, 0.3) is 0 Å². The number of pyridine rings is 1. The number of halogens is 1. The number of hydrogen-bond donors (Lipinski definition) is 2. The van der Waals surface area contributed by atoms with Crippen LogP contribution in [0.1, 0.15) is 6.42 Å². The average molecular weight is 226 g/mol.